The smallest absolute Gasteiger partial charge is 0.0738 e. The van der Waals surface area contributed by atoms with E-state index < -0.39 is 0 Å². The maximum Gasteiger partial charge on any atom is 0.0738 e. The van der Waals surface area contributed by atoms with Gasteiger partial charge in [0.1, 0.15) is 0 Å². The van der Waals surface area contributed by atoms with Crippen molar-refractivity contribution in [1.29, 1.82) is 0 Å². The first-order chi connectivity index (χ1) is 9.06. The largest absolute Gasteiger partial charge is 0.383 e. The van der Waals surface area contributed by atoms with Gasteiger partial charge in [-0.25, -0.2) is 0 Å². The number of nitrogens with zero attached hydrogens (tertiary/aromatic N) is 2. The van der Waals surface area contributed by atoms with E-state index in [1.807, 2.05) is 18.7 Å². The Labute approximate surface area is 124 Å². The van der Waals surface area contributed by atoms with E-state index in [2.05, 4.69) is 39.3 Å². The zero-order valence-corrected chi connectivity index (χ0v) is 13.9. The van der Waals surface area contributed by atoms with Crippen molar-refractivity contribution in [3.63, 3.8) is 0 Å². The van der Waals surface area contributed by atoms with Gasteiger partial charge in [0.05, 0.1) is 22.5 Å². The maximum atomic E-state index is 4.98. The molecule has 0 aliphatic carbocycles. The van der Waals surface area contributed by atoms with Crippen LogP contribution in [0.4, 0.5) is 0 Å². The topological polar surface area (TPSA) is 39.1 Å². The quantitative estimate of drug-likeness (QED) is 0.588. The van der Waals surface area contributed by atoms with Crippen LogP contribution < -0.4 is 5.32 Å². The van der Waals surface area contributed by atoms with Crippen LogP contribution in [0.25, 0.3) is 0 Å². The Kier molecular flexibility index (Phi) is 7.34. The van der Waals surface area contributed by atoms with Crippen LogP contribution in [0.2, 0.25) is 0 Å². The minimum atomic E-state index is 0.768. The fourth-order valence-corrected chi connectivity index (χ4v) is 2.40. The highest BCUT2D eigenvalue weighted by Gasteiger charge is 2.10. The molecule has 1 N–H and O–H groups in total. The van der Waals surface area contributed by atoms with Crippen LogP contribution in [0.1, 0.15) is 24.7 Å². The van der Waals surface area contributed by atoms with Gasteiger partial charge in [0, 0.05) is 27.1 Å². The number of aryl methyl sites for hydroxylation is 2. The van der Waals surface area contributed by atoms with Gasteiger partial charge in [-0.05, 0) is 42.7 Å². The number of aromatic nitrogens is 2. The van der Waals surface area contributed by atoms with Crippen LogP contribution in [-0.4, -0.2) is 36.6 Å². The van der Waals surface area contributed by atoms with Gasteiger partial charge in [-0.1, -0.05) is 11.6 Å². The minimum Gasteiger partial charge on any atom is -0.383 e. The molecule has 0 unspecified atom stereocenters. The Morgan fingerprint density at radius 3 is 2.79 bits per heavy atom. The molecule has 0 radical (unpaired) electrons. The standard InChI is InChI=1S/C14H24BrN3O/c1-11(6-5-7-16-8-9-19-4)10-13-14(15)12(2)17-18(13)3/h6,16H,5,7-10H2,1-4H3. The van der Waals surface area contributed by atoms with Crippen molar-refractivity contribution in [2.75, 3.05) is 26.8 Å². The summed E-state index contributed by atoms with van der Waals surface area (Å²) in [6.45, 7) is 6.86. The summed E-state index contributed by atoms with van der Waals surface area (Å²) in [5, 5.41) is 7.75. The lowest BCUT2D eigenvalue weighted by atomic mass is 10.1. The van der Waals surface area contributed by atoms with Gasteiger partial charge in [-0.15, -0.1) is 0 Å². The third kappa shape index (κ3) is 5.47. The van der Waals surface area contributed by atoms with E-state index in [1.54, 1.807) is 7.11 Å². The predicted molar refractivity (Wildman–Crippen MR) is 82.5 cm³/mol. The summed E-state index contributed by atoms with van der Waals surface area (Å²) in [5.74, 6) is 0. The Bertz CT molecular complexity index is 427. The van der Waals surface area contributed by atoms with Crippen molar-refractivity contribution in [2.45, 2.75) is 26.7 Å². The second-order valence-electron chi connectivity index (χ2n) is 4.73. The second kappa shape index (κ2) is 8.51. The van der Waals surface area contributed by atoms with E-state index in [-0.39, 0.29) is 0 Å². The average Bonchev–Trinajstić information content (AvgIpc) is 2.60. The highest BCUT2D eigenvalue weighted by Crippen LogP contribution is 2.22. The molecule has 0 aliphatic heterocycles. The molecular weight excluding hydrogens is 306 g/mol. The minimum absolute atomic E-state index is 0.768. The number of hydrogen-bond donors (Lipinski definition) is 1. The molecule has 0 amide bonds. The van der Waals surface area contributed by atoms with Crippen molar-refractivity contribution in [3.8, 4) is 0 Å². The molecule has 0 bridgehead atoms. The Balaban J connectivity index is 2.39. The first kappa shape index (κ1) is 16.4. The summed E-state index contributed by atoms with van der Waals surface area (Å²) >= 11 is 3.60. The highest BCUT2D eigenvalue weighted by molar-refractivity contribution is 9.10. The monoisotopic (exact) mass is 329 g/mol. The van der Waals surface area contributed by atoms with E-state index in [9.17, 15) is 0 Å². The molecule has 1 rings (SSSR count). The lowest BCUT2D eigenvalue weighted by Crippen LogP contribution is -2.19. The number of nitrogens with one attached hydrogen (secondary N) is 1. The van der Waals surface area contributed by atoms with Crippen molar-refractivity contribution in [2.24, 2.45) is 7.05 Å². The zero-order valence-electron chi connectivity index (χ0n) is 12.3. The number of ether oxygens (including phenoxy) is 1. The SMILES string of the molecule is COCCNCCC=C(C)Cc1c(Br)c(C)nn1C. The summed E-state index contributed by atoms with van der Waals surface area (Å²) in [7, 11) is 3.71. The van der Waals surface area contributed by atoms with Gasteiger partial charge in [-0.3, -0.25) is 4.68 Å². The van der Waals surface area contributed by atoms with Gasteiger partial charge in [-0.2, -0.15) is 5.10 Å². The molecule has 0 atom stereocenters. The molecule has 0 fully saturated rings. The van der Waals surface area contributed by atoms with E-state index in [0.29, 0.717) is 0 Å². The Morgan fingerprint density at radius 2 is 2.21 bits per heavy atom. The van der Waals surface area contributed by atoms with Gasteiger partial charge < -0.3 is 10.1 Å². The average molecular weight is 330 g/mol. The maximum absolute atomic E-state index is 4.98. The molecular formula is C14H24BrN3O. The van der Waals surface area contributed by atoms with E-state index in [0.717, 1.165) is 42.7 Å². The Hall–Kier alpha value is -0.650. The van der Waals surface area contributed by atoms with Crippen molar-refractivity contribution in [1.82, 2.24) is 15.1 Å². The van der Waals surface area contributed by atoms with Crippen molar-refractivity contribution in [3.05, 3.63) is 27.5 Å². The van der Waals surface area contributed by atoms with Crippen LogP contribution in [0.15, 0.2) is 16.1 Å². The lowest BCUT2D eigenvalue weighted by molar-refractivity contribution is 0.199. The number of rotatable bonds is 8. The van der Waals surface area contributed by atoms with Crippen LogP contribution in [0, 0.1) is 6.92 Å². The number of hydrogen-bond acceptors (Lipinski definition) is 3. The van der Waals surface area contributed by atoms with Gasteiger partial charge >= 0.3 is 0 Å². The summed E-state index contributed by atoms with van der Waals surface area (Å²) in [6, 6.07) is 0. The molecule has 0 aliphatic rings. The fourth-order valence-electron chi connectivity index (χ4n) is 1.93. The van der Waals surface area contributed by atoms with Crippen LogP contribution in [0.5, 0.6) is 0 Å². The summed E-state index contributed by atoms with van der Waals surface area (Å²) in [5.41, 5.74) is 3.65. The molecule has 0 aromatic carbocycles. The van der Waals surface area contributed by atoms with E-state index in [4.69, 9.17) is 4.74 Å². The normalized spacial score (nSPS) is 12.2. The third-order valence-corrected chi connectivity index (χ3v) is 4.04. The summed E-state index contributed by atoms with van der Waals surface area (Å²) in [6.07, 6.45) is 4.27. The molecule has 0 saturated heterocycles. The molecule has 1 aromatic heterocycles. The van der Waals surface area contributed by atoms with Crippen LogP contribution >= 0.6 is 15.9 Å². The fraction of sp³-hybridized carbons (Fsp3) is 0.643. The third-order valence-electron chi connectivity index (χ3n) is 3.00. The molecule has 0 saturated carbocycles. The summed E-state index contributed by atoms with van der Waals surface area (Å²) < 4.78 is 8.06. The van der Waals surface area contributed by atoms with Gasteiger partial charge in [0.25, 0.3) is 0 Å². The second-order valence-corrected chi connectivity index (χ2v) is 5.52. The van der Waals surface area contributed by atoms with E-state index >= 15 is 0 Å². The van der Waals surface area contributed by atoms with Crippen LogP contribution in [-0.2, 0) is 18.2 Å². The van der Waals surface area contributed by atoms with Crippen molar-refractivity contribution >= 4 is 15.9 Å². The van der Waals surface area contributed by atoms with Crippen LogP contribution in [0.3, 0.4) is 0 Å². The van der Waals surface area contributed by atoms with E-state index in [1.165, 1.54) is 11.3 Å². The number of halogens is 1. The first-order valence-electron chi connectivity index (χ1n) is 6.59. The van der Waals surface area contributed by atoms with Gasteiger partial charge in [0.15, 0.2) is 0 Å². The highest BCUT2D eigenvalue weighted by atomic mass is 79.9. The number of allylic oxidation sites excluding steroid dienone is 1. The lowest BCUT2D eigenvalue weighted by Gasteiger charge is -2.05. The first-order valence-corrected chi connectivity index (χ1v) is 7.38. The molecule has 1 heterocycles. The van der Waals surface area contributed by atoms with Crippen molar-refractivity contribution < 1.29 is 4.74 Å². The molecule has 0 spiro atoms. The predicted octanol–water partition coefficient (Wildman–Crippen LogP) is 2.61. The molecule has 4 nitrogen and oxygen atoms in total. The number of methoxy groups -OCH3 is 1. The molecule has 1 aromatic rings. The molecule has 19 heavy (non-hydrogen) atoms. The molecule has 5 heteroatoms. The Morgan fingerprint density at radius 1 is 1.47 bits per heavy atom. The zero-order chi connectivity index (χ0) is 14.3. The van der Waals surface area contributed by atoms with Gasteiger partial charge in [0.2, 0.25) is 0 Å². The summed E-state index contributed by atoms with van der Waals surface area (Å²) in [4.78, 5) is 0. The molecule has 108 valence electrons.